The van der Waals surface area contributed by atoms with Gasteiger partial charge in [-0.3, -0.25) is 4.79 Å². The van der Waals surface area contributed by atoms with E-state index in [0.29, 0.717) is 6.42 Å². The fraction of sp³-hybridized carbons (Fsp3) is 0.286. The molecule has 1 aromatic heterocycles. The van der Waals surface area contributed by atoms with Crippen molar-refractivity contribution in [3.05, 3.63) is 60.2 Å². The minimum absolute atomic E-state index is 0.186. The fourth-order valence-electron chi connectivity index (χ4n) is 3.15. The summed E-state index contributed by atoms with van der Waals surface area (Å²) in [5.74, 6) is -0.186. The maximum atomic E-state index is 12.3. The van der Waals surface area contributed by atoms with Crippen molar-refractivity contribution in [2.45, 2.75) is 31.9 Å². The van der Waals surface area contributed by atoms with E-state index in [1.165, 1.54) is 0 Å². The lowest BCUT2D eigenvalue weighted by molar-refractivity contribution is -0.123. The molecule has 136 valence electrons. The molecule has 0 radical (unpaired) electrons. The molecule has 0 fully saturated rings. The van der Waals surface area contributed by atoms with Crippen LogP contribution in [0.15, 0.2) is 54.6 Å². The van der Waals surface area contributed by atoms with E-state index < -0.39 is 12.1 Å². The Bertz CT molecular complexity index is 871. The van der Waals surface area contributed by atoms with Crippen LogP contribution < -0.4 is 5.32 Å². The monoisotopic (exact) mass is 352 g/mol. The summed E-state index contributed by atoms with van der Waals surface area (Å²) in [6, 6.07) is 17.5. The Morgan fingerprint density at radius 1 is 1.12 bits per heavy atom. The highest BCUT2D eigenvalue weighted by atomic mass is 16.3. The minimum Gasteiger partial charge on any atom is -0.394 e. The molecule has 1 amide bonds. The topological polar surface area (TPSA) is 85.3 Å². The number of aromatic amines is 1. The van der Waals surface area contributed by atoms with Crippen LogP contribution in [0.5, 0.6) is 0 Å². The lowest BCUT2D eigenvalue weighted by Gasteiger charge is -2.19. The maximum absolute atomic E-state index is 12.3. The van der Waals surface area contributed by atoms with Gasteiger partial charge < -0.3 is 20.5 Å². The van der Waals surface area contributed by atoms with Gasteiger partial charge in [-0.2, -0.15) is 0 Å². The van der Waals surface area contributed by atoms with Crippen LogP contribution in [0.25, 0.3) is 22.2 Å². The third-order valence-electron chi connectivity index (χ3n) is 4.60. The summed E-state index contributed by atoms with van der Waals surface area (Å²) in [6.45, 7) is 1.26. The molecule has 26 heavy (non-hydrogen) atoms. The standard InChI is InChI=1S/C21H24N2O3/c1-14(25)19(13-24)22-20(26)12-11-17-16-9-5-6-10-18(16)23-21(17)15-7-3-2-4-8-15/h2-10,14,19,23-25H,11-13H2,1H3,(H,22,26)/t14-,19-/m1/s1. The number of amides is 1. The van der Waals surface area contributed by atoms with E-state index in [9.17, 15) is 15.0 Å². The average Bonchev–Trinajstić information content (AvgIpc) is 3.03. The summed E-state index contributed by atoms with van der Waals surface area (Å²) < 4.78 is 0. The fourth-order valence-corrected chi connectivity index (χ4v) is 3.15. The second kappa shape index (κ2) is 8.17. The molecule has 5 heteroatoms. The van der Waals surface area contributed by atoms with Gasteiger partial charge in [0.25, 0.3) is 0 Å². The number of fused-ring (bicyclic) bond motifs is 1. The van der Waals surface area contributed by atoms with E-state index in [1.54, 1.807) is 6.92 Å². The predicted molar refractivity (Wildman–Crippen MR) is 103 cm³/mol. The number of aliphatic hydroxyl groups excluding tert-OH is 2. The number of aromatic nitrogens is 1. The van der Waals surface area contributed by atoms with Crippen LogP contribution in [0.4, 0.5) is 0 Å². The van der Waals surface area contributed by atoms with Gasteiger partial charge in [0.2, 0.25) is 5.91 Å². The van der Waals surface area contributed by atoms with Gasteiger partial charge >= 0.3 is 0 Å². The number of aryl methyl sites for hydroxylation is 1. The van der Waals surface area contributed by atoms with Crippen LogP contribution in [0.2, 0.25) is 0 Å². The summed E-state index contributed by atoms with van der Waals surface area (Å²) in [5, 5.41) is 22.6. The Morgan fingerprint density at radius 2 is 1.81 bits per heavy atom. The Hall–Kier alpha value is -2.63. The SMILES string of the molecule is C[C@@H](O)[C@@H](CO)NC(=O)CCc1c(-c2ccccc2)[nH]c2ccccc12. The summed E-state index contributed by atoms with van der Waals surface area (Å²) >= 11 is 0. The van der Waals surface area contributed by atoms with Crippen molar-refractivity contribution in [3.63, 3.8) is 0 Å². The van der Waals surface area contributed by atoms with E-state index in [-0.39, 0.29) is 18.9 Å². The van der Waals surface area contributed by atoms with Crippen molar-refractivity contribution in [2.75, 3.05) is 6.61 Å². The molecule has 1 heterocycles. The number of nitrogens with one attached hydrogen (secondary N) is 2. The number of hydrogen-bond acceptors (Lipinski definition) is 3. The predicted octanol–water partition coefficient (Wildman–Crippen LogP) is 2.63. The van der Waals surface area contributed by atoms with Crippen molar-refractivity contribution in [1.82, 2.24) is 10.3 Å². The summed E-state index contributed by atoms with van der Waals surface area (Å²) in [4.78, 5) is 15.7. The van der Waals surface area contributed by atoms with Crippen LogP contribution in [-0.4, -0.2) is 39.9 Å². The second-order valence-electron chi connectivity index (χ2n) is 6.49. The molecular formula is C21H24N2O3. The van der Waals surface area contributed by atoms with E-state index in [0.717, 1.165) is 27.7 Å². The lowest BCUT2D eigenvalue weighted by atomic mass is 10.0. The number of hydrogen-bond donors (Lipinski definition) is 4. The summed E-state index contributed by atoms with van der Waals surface area (Å²) in [5.41, 5.74) is 4.24. The number of benzene rings is 2. The van der Waals surface area contributed by atoms with Crippen LogP contribution in [0.3, 0.4) is 0 Å². The third-order valence-corrected chi connectivity index (χ3v) is 4.60. The van der Waals surface area contributed by atoms with Gasteiger partial charge in [0, 0.05) is 23.0 Å². The van der Waals surface area contributed by atoms with Crippen LogP contribution >= 0.6 is 0 Å². The Balaban J connectivity index is 1.84. The van der Waals surface area contributed by atoms with Crippen molar-refractivity contribution < 1.29 is 15.0 Å². The van der Waals surface area contributed by atoms with Crippen LogP contribution in [0, 0.1) is 0 Å². The molecule has 0 aliphatic rings. The normalized spacial score (nSPS) is 13.5. The molecule has 2 atom stereocenters. The van der Waals surface area contributed by atoms with Gasteiger partial charge in [-0.05, 0) is 30.5 Å². The molecule has 0 unspecified atom stereocenters. The zero-order valence-corrected chi connectivity index (χ0v) is 14.8. The number of rotatable bonds is 7. The number of aliphatic hydroxyl groups is 2. The summed E-state index contributed by atoms with van der Waals surface area (Å²) in [6.07, 6.45) is 0.0556. The second-order valence-corrected chi connectivity index (χ2v) is 6.49. The highest BCUT2D eigenvalue weighted by molar-refractivity contribution is 5.91. The first-order chi connectivity index (χ1) is 12.6. The molecule has 3 aromatic rings. The molecule has 0 saturated heterocycles. The zero-order valence-electron chi connectivity index (χ0n) is 14.8. The molecule has 0 aliphatic carbocycles. The van der Waals surface area contributed by atoms with Gasteiger partial charge in [-0.25, -0.2) is 0 Å². The quantitative estimate of drug-likeness (QED) is 0.527. The molecule has 0 saturated carbocycles. The number of carbonyl (C=O) groups excluding carboxylic acids is 1. The first-order valence-corrected chi connectivity index (χ1v) is 8.83. The van der Waals surface area contributed by atoms with Gasteiger partial charge in [0.05, 0.1) is 18.8 Å². The zero-order chi connectivity index (χ0) is 18.5. The van der Waals surface area contributed by atoms with Crippen molar-refractivity contribution in [2.24, 2.45) is 0 Å². The third kappa shape index (κ3) is 3.95. The van der Waals surface area contributed by atoms with Crippen molar-refractivity contribution >= 4 is 16.8 Å². The first-order valence-electron chi connectivity index (χ1n) is 8.83. The molecule has 2 aromatic carbocycles. The number of carbonyl (C=O) groups is 1. The smallest absolute Gasteiger partial charge is 0.220 e. The van der Waals surface area contributed by atoms with Gasteiger partial charge in [-0.1, -0.05) is 48.5 Å². The lowest BCUT2D eigenvalue weighted by Crippen LogP contribution is -2.44. The van der Waals surface area contributed by atoms with Crippen LogP contribution in [-0.2, 0) is 11.2 Å². The van der Waals surface area contributed by atoms with E-state index in [2.05, 4.69) is 16.4 Å². The largest absolute Gasteiger partial charge is 0.394 e. The Morgan fingerprint density at radius 3 is 2.50 bits per heavy atom. The van der Waals surface area contributed by atoms with Gasteiger partial charge in [0.15, 0.2) is 0 Å². The molecule has 5 nitrogen and oxygen atoms in total. The van der Waals surface area contributed by atoms with Crippen molar-refractivity contribution in [1.29, 1.82) is 0 Å². The highest BCUT2D eigenvalue weighted by Gasteiger charge is 2.18. The molecule has 0 spiro atoms. The van der Waals surface area contributed by atoms with Gasteiger partial charge in [-0.15, -0.1) is 0 Å². The van der Waals surface area contributed by atoms with Crippen LogP contribution in [0.1, 0.15) is 18.9 Å². The minimum atomic E-state index is -0.795. The molecule has 4 N–H and O–H groups in total. The van der Waals surface area contributed by atoms with E-state index in [4.69, 9.17) is 0 Å². The molecular weight excluding hydrogens is 328 g/mol. The van der Waals surface area contributed by atoms with Gasteiger partial charge in [0.1, 0.15) is 0 Å². The highest BCUT2D eigenvalue weighted by Crippen LogP contribution is 2.31. The van der Waals surface area contributed by atoms with Crippen molar-refractivity contribution in [3.8, 4) is 11.3 Å². The maximum Gasteiger partial charge on any atom is 0.220 e. The van der Waals surface area contributed by atoms with E-state index in [1.807, 2.05) is 48.5 Å². The Kier molecular flexibility index (Phi) is 5.71. The molecule has 0 bridgehead atoms. The Labute approximate surface area is 152 Å². The van der Waals surface area contributed by atoms with E-state index >= 15 is 0 Å². The number of para-hydroxylation sites is 1. The number of H-pyrrole nitrogens is 1. The molecule has 0 aliphatic heterocycles. The average molecular weight is 352 g/mol. The molecule has 3 rings (SSSR count). The first kappa shape index (κ1) is 18.2. The summed E-state index contributed by atoms with van der Waals surface area (Å²) in [7, 11) is 0.